The van der Waals surface area contributed by atoms with Crippen LogP contribution in [0.1, 0.15) is 17.7 Å². The summed E-state index contributed by atoms with van der Waals surface area (Å²) in [5.41, 5.74) is 1.28. The molecule has 0 amide bonds. The summed E-state index contributed by atoms with van der Waals surface area (Å²) in [5.74, 6) is 1.48. The van der Waals surface area contributed by atoms with Crippen LogP contribution in [0.5, 0.6) is 0 Å². The Morgan fingerprint density at radius 2 is 1.90 bits per heavy atom. The zero-order valence-electron chi connectivity index (χ0n) is 11.4. The molecule has 0 saturated carbocycles. The smallest absolute Gasteiger partial charge is 0.200 e. The largest absolute Gasteiger partial charge is 0.461 e. The average molecular weight is 285 g/mol. The molecule has 3 aromatic rings. The molecule has 1 aromatic carbocycles. The van der Waals surface area contributed by atoms with Crippen molar-refractivity contribution in [1.82, 2.24) is 14.8 Å². The number of aromatic nitrogens is 3. The molecule has 2 heterocycles. The van der Waals surface area contributed by atoms with E-state index in [0.717, 1.165) is 16.7 Å². The molecule has 0 aliphatic carbocycles. The quantitative estimate of drug-likeness (QED) is 0.681. The Kier molecular flexibility index (Phi) is 3.60. The third-order valence-corrected chi connectivity index (χ3v) is 4.32. The van der Waals surface area contributed by atoms with Gasteiger partial charge in [0.15, 0.2) is 16.7 Å². The number of nitrogens with zero attached hydrogens (tertiary/aromatic N) is 3. The van der Waals surface area contributed by atoms with E-state index in [0.29, 0.717) is 5.25 Å². The van der Waals surface area contributed by atoms with Crippen LogP contribution in [-0.4, -0.2) is 14.8 Å². The molecule has 2 aromatic heterocycles. The minimum atomic E-state index is 0.323. The summed E-state index contributed by atoms with van der Waals surface area (Å²) >= 11 is 1.69. The normalized spacial score (nSPS) is 12.5. The van der Waals surface area contributed by atoms with Crippen molar-refractivity contribution < 1.29 is 4.42 Å². The van der Waals surface area contributed by atoms with E-state index in [1.54, 1.807) is 18.0 Å². The van der Waals surface area contributed by atoms with E-state index in [1.165, 1.54) is 5.56 Å². The Balaban J connectivity index is 1.82. The van der Waals surface area contributed by atoms with Gasteiger partial charge < -0.3 is 8.98 Å². The van der Waals surface area contributed by atoms with Crippen LogP contribution >= 0.6 is 11.8 Å². The summed E-state index contributed by atoms with van der Waals surface area (Å²) in [4.78, 5) is 0. The van der Waals surface area contributed by atoms with Crippen LogP contribution in [0, 0.1) is 0 Å². The molecule has 3 rings (SSSR count). The highest BCUT2D eigenvalue weighted by molar-refractivity contribution is 7.99. The third kappa shape index (κ3) is 2.49. The van der Waals surface area contributed by atoms with Crippen LogP contribution < -0.4 is 0 Å². The van der Waals surface area contributed by atoms with Crippen LogP contribution in [0.4, 0.5) is 0 Å². The van der Waals surface area contributed by atoms with Crippen molar-refractivity contribution in [2.75, 3.05) is 0 Å². The molecule has 0 fully saturated rings. The first-order valence-electron chi connectivity index (χ1n) is 6.40. The molecule has 0 spiro atoms. The van der Waals surface area contributed by atoms with Gasteiger partial charge in [0, 0.05) is 12.3 Å². The van der Waals surface area contributed by atoms with Gasteiger partial charge in [0.05, 0.1) is 6.26 Å². The van der Waals surface area contributed by atoms with Crippen LogP contribution in [0.25, 0.3) is 11.6 Å². The maximum atomic E-state index is 5.37. The van der Waals surface area contributed by atoms with Crippen molar-refractivity contribution in [3.05, 3.63) is 54.3 Å². The Labute approximate surface area is 121 Å². The first-order chi connectivity index (χ1) is 9.75. The molecule has 1 unspecified atom stereocenters. The van der Waals surface area contributed by atoms with Gasteiger partial charge >= 0.3 is 0 Å². The molecule has 1 atom stereocenters. The molecule has 20 heavy (non-hydrogen) atoms. The fraction of sp³-hybridized carbons (Fsp3) is 0.200. The number of hydrogen-bond acceptors (Lipinski definition) is 4. The van der Waals surface area contributed by atoms with Gasteiger partial charge in [-0.15, -0.1) is 10.2 Å². The van der Waals surface area contributed by atoms with Crippen molar-refractivity contribution in [2.24, 2.45) is 7.05 Å². The molecular weight excluding hydrogens is 270 g/mol. The maximum absolute atomic E-state index is 5.37. The first kappa shape index (κ1) is 13.0. The monoisotopic (exact) mass is 285 g/mol. The molecule has 0 radical (unpaired) electrons. The summed E-state index contributed by atoms with van der Waals surface area (Å²) in [6.45, 7) is 2.17. The van der Waals surface area contributed by atoms with Gasteiger partial charge in [-0.1, -0.05) is 42.1 Å². The second-order valence-electron chi connectivity index (χ2n) is 4.51. The summed E-state index contributed by atoms with van der Waals surface area (Å²) in [7, 11) is 1.96. The minimum Gasteiger partial charge on any atom is -0.461 e. The predicted octanol–water partition coefficient (Wildman–Crippen LogP) is 3.93. The summed E-state index contributed by atoms with van der Waals surface area (Å²) in [6, 6.07) is 14.1. The number of thioether (sulfide) groups is 1. The highest BCUT2D eigenvalue weighted by Crippen LogP contribution is 2.34. The minimum absolute atomic E-state index is 0.323. The summed E-state index contributed by atoms with van der Waals surface area (Å²) in [6.07, 6.45) is 1.64. The Bertz CT molecular complexity index is 676. The van der Waals surface area contributed by atoms with E-state index in [9.17, 15) is 0 Å². The summed E-state index contributed by atoms with van der Waals surface area (Å²) < 4.78 is 7.33. The van der Waals surface area contributed by atoms with Gasteiger partial charge in [-0.05, 0) is 24.6 Å². The molecule has 0 saturated heterocycles. The van der Waals surface area contributed by atoms with Gasteiger partial charge in [0.1, 0.15) is 0 Å². The van der Waals surface area contributed by atoms with Crippen molar-refractivity contribution >= 4 is 11.8 Å². The molecule has 0 bridgehead atoms. The van der Waals surface area contributed by atoms with E-state index >= 15 is 0 Å². The van der Waals surface area contributed by atoms with Crippen molar-refractivity contribution in [2.45, 2.75) is 17.3 Å². The van der Waals surface area contributed by atoms with Crippen LogP contribution in [0.15, 0.2) is 58.3 Å². The number of hydrogen-bond donors (Lipinski definition) is 0. The van der Waals surface area contributed by atoms with Gasteiger partial charge in [-0.2, -0.15) is 0 Å². The lowest BCUT2D eigenvalue weighted by atomic mass is 10.2. The number of rotatable bonds is 4. The van der Waals surface area contributed by atoms with Crippen molar-refractivity contribution in [1.29, 1.82) is 0 Å². The van der Waals surface area contributed by atoms with Gasteiger partial charge in [-0.3, -0.25) is 0 Å². The Morgan fingerprint density at radius 3 is 2.60 bits per heavy atom. The highest BCUT2D eigenvalue weighted by Gasteiger charge is 2.16. The molecule has 5 heteroatoms. The fourth-order valence-corrected chi connectivity index (χ4v) is 2.93. The lowest BCUT2D eigenvalue weighted by Crippen LogP contribution is -1.96. The molecule has 4 nitrogen and oxygen atoms in total. The molecule has 0 N–H and O–H groups in total. The van der Waals surface area contributed by atoms with Crippen molar-refractivity contribution in [3.8, 4) is 11.6 Å². The second-order valence-corrected chi connectivity index (χ2v) is 5.82. The standard InChI is InChI=1S/C15H15N3OS/c1-11(12-7-4-3-5-8-12)20-15-17-16-14(18(15)2)13-9-6-10-19-13/h3-11H,1-2H3. The highest BCUT2D eigenvalue weighted by atomic mass is 32.2. The first-order valence-corrected chi connectivity index (χ1v) is 7.28. The Hall–Kier alpha value is -2.01. The number of furan rings is 1. The molecule has 102 valence electrons. The van der Waals surface area contributed by atoms with Crippen molar-refractivity contribution in [3.63, 3.8) is 0 Å². The van der Waals surface area contributed by atoms with E-state index in [1.807, 2.05) is 29.8 Å². The van der Waals surface area contributed by atoms with Crippen LogP contribution in [0.2, 0.25) is 0 Å². The van der Waals surface area contributed by atoms with Crippen LogP contribution in [0.3, 0.4) is 0 Å². The lowest BCUT2D eigenvalue weighted by Gasteiger charge is -2.10. The van der Waals surface area contributed by atoms with Crippen LogP contribution in [-0.2, 0) is 7.05 Å². The predicted molar refractivity (Wildman–Crippen MR) is 79.4 cm³/mol. The molecular formula is C15H15N3OS. The second kappa shape index (κ2) is 5.54. The molecule has 0 aliphatic rings. The zero-order chi connectivity index (χ0) is 13.9. The Morgan fingerprint density at radius 1 is 1.10 bits per heavy atom. The fourth-order valence-electron chi connectivity index (χ4n) is 1.99. The SMILES string of the molecule is CC(Sc1nnc(-c2ccco2)n1C)c1ccccc1. The van der Waals surface area contributed by atoms with Gasteiger partial charge in [-0.25, -0.2) is 0 Å². The van der Waals surface area contributed by atoms with E-state index in [-0.39, 0.29) is 0 Å². The maximum Gasteiger partial charge on any atom is 0.200 e. The lowest BCUT2D eigenvalue weighted by molar-refractivity contribution is 0.572. The summed E-state index contributed by atoms with van der Waals surface area (Å²) in [5, 5.41) is 9.66. The molecule has 0 aliphatic heterocycles. The third-order valence-electron chi connectivity index (χ3n) is 3.13. The zero-order valence-corrected chi connectivity index (χ0v) is 12.2. The number of benzene rings is 1. The van der Waals surface area contributed by atoms with E-state index in [2.05, 4.69) is 41.4 Å². The topological polar surface area (TPSA) is 43.9 Å². The van der Waals surface area contributed by atoms with E-state index < -0.39 is 0 Å². The van der Waals surface area contributed by atoms with Gasteiger partial charge in [0.2, 0.25) is 0 Å². The van der Waals surface area contributed by atoms with Gasteiger partial charge in [0.25, 0.3) is 0 Å². The average Bonchev–Trinajstić information content (AvgIpc) is 3.11. The van der Waals surface area contributed by atoms with E-state index in [4.69, 9.17) is 4.42 Å².